The smallest absolute Gasteiger partial charge is 0.258 e. The molecule has 0 amide bonds. The third kappa shape index (κ3) is 2.25. The molecule has 0 aliphatic heterocycles. The molecule has 0 fully saturated rings. The van der Waals surface area contributed by atoms with Crippen molar-refractivity contribution < 1.29 is 9.85 Å². The molecule has 0 atom stereocenters. The van der Waals surface area contributed by atoms with Crippen molar-refractivity contribution in [1.29, 1.82) is 5.26 Å². The molecule has 0 spiro atoms. The van der Waals surface area contributed by atoms with Gasteiger partial charge < -0.3 is 0 Å². The third-order valence-corrected chi connectivity index (χ3v) is 1.75. The molecule has 0 aromatic heterocycles. The van der Waals surface area contributed by atoms with E-state index < -0.39 is 15.5 Å². The normalized spacial score (nSPS) is 9.27. The van der Waals surface area contributed by atoms with Crippen molar-refractivity contribution in [2.24, 2.45) is 0 Å². The molecule has 0 aliphatic carbocycles. The van der Waals surface area contributed by atoms with Crippen molar-refractivity contribution in [1.82, 2.24) is 0 Å². The van der Waals surface area contributed by atoms with Crippen LogP contribution in [0.1, 0.15) is 5.56 Å². The number of non-ortho nitro benzene ring substituents is 1. The fourth-order valence-electron chi connectivity index (χ4n) is 1.07. The van der Waals surface area contributed by atoms with Crippen LogP contribution in [0.4, 0.5) is 11.4 Å². The van der Waals surface area contributed by atoms with Crippen LogP contribution in [0.5, 0.6) is 0 Å². The molecule has 1 rings (SSSR count). The summed E-state index contributed by atoms with van der Waals surface area (Å²) in [6.45, 7) is 0. The largest absolute Gasteiger partial charge is 0.280 e. The van der Waals surface area contributed by atoms with Crippen LogP contribution in [0.25, 0.3) is 0 Å². The maximum Gasteiger partial charge on any atom is 0.280 e. The molecule has 0 bridgehead atoms. The first kappa shape index (κ1) is 10.6. The highest BCUT2D eigenvalue weighted by molar-refractivity contribution is 5.49. The summed E-state index contributed by atoms with van der Waals surface area (Å²) < 4.78 is 0. The van der Waals surface area contributed by atoms with Crippen LogP contribution in [0.3, 0.4) is 0 Å². The lowest BCUT2D eigenvalue weighted by Gasteiger charge is -1.97. The molecule has 76 valence electrons. The Morgan fingerprint density at radius 2 is 1.93 bits per heavy atom. The number of benzene rings is 1. The quantitative estimate of drug-likeness (QED) is 0.551. The maximum absolute atomic E-state index is 10.5. The Balaban J connectivity index is 3.28. The van der Waals surface area contributed by atoms with E-state index in [9.17, 15) is 20.2 Å². The van der Waals surface area contributed by atoms with Gasteiger partial charge in [-0.05, 0) is 6.07 Å². The van der Waals surface area contributed by atoms with E-state index >= 15 is 0 Å². The van der Waals surface area contributed by atoms with E-state index in [1.165, 1.54) is 6.07 Å². The number of rotatable bonds is 3. The molecule has 0 heterocycles. The van der Waals surface area contributed by atoms with E-state index in [1.54, 1.807) is 6.07 Å². The highest BCUT2D eigenvalue weighted by atomic mass is 16.6. The molecule has 7 heteroatoms. The zero-order valence-electron chi connectivity index (χ0n) is 7.41. The Hall–Kier alpha value is -2.49. The average Bonchev–Trinajstić information content (AvgIpc) is 2.18. The van der Waals surface area contributed by atoms with Gasteiger partial charge in [0, 0.05) is 11.6 Å². The summed E-state index contributed by atoms with van der Waals surface area (Å²) >= 11 is 0. The first-order valence-electron chi connectivity index (χ1n) is 3.85. The van der Waals surface area contributed by atoms with Gasteiger partial charge in [-0.3, -0.25) is 20.2 Å². The number of hydrogen-bond donors (Lipinski definition) is 0. The molecule has 0 saturated carbocycles. The second kappa shape index (κ2) is 4.15. The van der Waals surface area contributed by atoms with E-state index in [0.29, 0.717) is 0 Å². The summed E-state index contributed by atoms with van der Waals surface area (Å²) in [5.41, 5.74) is -0.581. The summed E-state index contributed by atoms with van der Waals surface area (Å²) in [5, 5.41) is 29.3. The lowest BCUT2D eigenvalue weighted by Crippen LogP contribution is -1.97. The molecule has 0 unspecified atom stereocenters. The fourth-order valence-corrected chi connectivity index (χ4v) is 1.07. The number of nitro groups is 2. The summed E-state index contributed by atoms with van der Waals surface area (Å²) in [4.78, 5) is 19.5. The van der Waals surface area contributed by atoms with Crippen LogP contribution in [0.2, 0.25) is 0 Å². The standard InChI is InChI=1S/C8H5N3O4/c9-4-3-6-1-2-7(10(12)13)5-8(6)11(14)15/h1-2,5H,3H2. The molecular weight excluding hydrogens is 202 g/mol. The summed E-state index contributed by atoms with van der Waals surface area (Å²) in [7, 11) is 0. The van der Waals surface area contributed by atoms with Crippen LogP contribution >= 0.6 is 0 Å². The van der Waals surface area contributed by atoms with E-state index in [-0.39, 0.29) is 17.7 Å². The minimum absolute atomic E-state index is 0.145. The maximum atomic E-state index is 10.5. The summed E-state index contributed by atoms with van der Waals surface area (Å²) in [6.07, 6.45) is -0.145. The van der Waals surface area contributed by atoms with Gasteiger partial charge in [0.1, 0.15) is 0 Å². The number of nitrogens with zero attached hydrogens (tertiary/aromatic N) is 3. The molecule has 1 aromatic carbocycles. The molecule has 0 aliphatic rings. The number of nitro benzene ring substituents is 2. The fraction of sp³-hybridized carbons (Fsp3) is 0.125. The van der Waals surface area contributed by atoms with Gasteiger partial charge >= 0.3 is 0 Å². The summed E-state index contributed by atoms with van der Waals surface area (Å²) in [5.74, 6) is 0. The minimum Gasteiger partial charge on any atom is -0.258 e. The topological polar surface area (TPSA) is 110 Å². The number of hydrogen-bond acceptors (Lipinski definition) is 5. The Labute approximate surface area is 83.9 Å². The zero-order valence-corrected chi connectivity index (χ0v) is 7.41. The van der Waals surface area contributed by atoms with Gasteiger partial charge in [-0.15, -0.1) is 0 Å². The van der Waals surface area contributed by atoms with Gasteiger partial charge in [-0.2, -0.15) is 5.26 Å². The monoisotopic (exact) mass is 207 g/mol. The molecule has 15 heavy (non-hydrogen) atoms. The van der Waals surface area contributed by atoms with E-state index in [4.69, 9.17) is 5.26 Å². The molecule has 1 aromatic rings. The van der Waals surface area contributed by atoms with Gasteiger partial charge in [0.15, 0.2) is 0 Å². The first-order valence-corrected chi connectivity index (χ1v) is 3.85. The zero-order chi connectivity index (χ0) is 11.4. The van der Waals surface area contributed by atoms with Crippen LogP contribution in [0, 0.1) is 31.6 Å². The van der Waals surface area contributed by atoms with Gasteiger partial charge in [0.25, 0.3) is 11.4 Å². The third-order valence-electron chi connectivity index (χ3n) is 1.75. The van der Waals surface area contributed by atoms with Crippen molar-refractivity contribution in [3.05, 3.63) is 44.0 Å². The van der Waals surface area contributed by atoms with Crippen LogP contribution in [-0.2, 0) is 6.42 Å². The number of nitriles is 1. The molecule has 7 nitrogen and oxygen atoms in total. The lowest BCUT2D eigenvalue weighted by atomic mass is 10.1. The van der Waals surface area contributed by atoms with Gasteiger partial charge in [0.2, 0.25) is 0 Å². The predicted octanol–water partition coefficient (Wildman–Crippen LogP) is 1.57. The average molecular weight is 207 g/mol. The van der Waals surface area contributed by atoms with E-state index in [1.807, 2.05) is 0 Å². The van der Waals surface area contributed by atoms with Gasteiger partial charge in [0.05, 0.1) is 28.4 Å². The molecule has 0 radical (unpaired) electrons. The Kier molecular flexibility index (Phi) is 2.93. The van der Waals surface area contributed by atoms with Gasteiger partial charge in [-0.1, -0.05) is 0 Å². The van der Waals surface area contributed by atoms with Crippen molar-refractivity contribution in [2.45, 2.75) is 6.42 Å². The Bertz CT molecular complexity index is 463. The minimum atomic E-state index is -0.736. The highest BCUT2D eigenvalue weighted by Crippen LogP contribution is 2.24. The Morgan fingerprint density at radius 3 is 2.40 bits per heavy atom. The summed E-state index contributed by atoms with van der Waals surface area (Å²) in [6, 6.07) is 4.97. The van der Waals surface area contributed by atoms with E-state index in [0.717, 1.165) is 12.1 Å². The lowest BCUT2D eigenvalue weighted by molar-refractivity contribution is -0.394. The van der Waals surface area contributed by atoms with Crippen molar-refractivity contribution in [3.8, 4) is 6.07 Å². The second-order valence-corrected chi connectivity index (χ2v) is 2.66. The van der Waals surface area contributed by atoms with Crippen LogP contribution < -0.4 is 0 Å². The Morgan fingerprint density at radius 1 is 1.27 bits per heavy atom. The van der Waals surface area contributed by atoms with Gasteiger partial charge in [-0.25, -0.2) is 0 Å². The molecule has 0 saturated heterocycles. The van der Waals surface area contributed by atoms with Crippen molar-refractivity contribution in [2.75, 3.05) is 0 Å². The first-order chi connectivity index (χ1) is 7.06. The van der Waals surface area contributed by atoms with Crippen LogP contribution in [0.15, 0.2) is 18.2 Å². The predicted molar refractivity (Wildman–Crippen MR) is 49.1 cm³/mol. The molecule has 0 N–H and O–H groups in total. The molecular formula is C8H5N3O4. The van der Waals surface area contributed by atoms with E-state index in [2.05, 4.69) is 0 Å². The van der Waals surface area contributed by atoms with Crippen molar-refractivity contribution >= 4 is 11.4 Å². The van der Waals surface area contributed by atoms with Crippen LogP contribution in [-0.4, -0.2) is 9.85 Å². The van der Waals surface area contributed by atoms with Crippen molar-refractivity contribution in [3.63, 3.8) is 0 Å². The second-order valence-electron chi connectivity index (χ2n) is 2.66. The SMILES string of the molecule is N#CCc1ccc([N+](=O)[O-])cc1[N+](=O)[O-]. The highest BCUT2D eigenvalue weighted by Gasteiger charge is 2.18.